The molecule has 5 rings (SSSR count). The molecule has 0 radical (unpaired) electrons. The minimum atomic E-state index is 0.433. The third-order valence-corrected chi connectivity index (χ3v) is 8.19. The second kappa shape index (κ2) is 7.70. The number of rotatable bonds is 7. The van der Waals surface area contributed by atoms with Crippen LogP contribution < -0.4 is 0 Å². The van der Waals surface area contributed by atoms with Gasteiger partial charge in [-0.3, -0.25) is 4.68 Å². The van der Waals surface area contributed by atoms with Crippen LogP contribution in [0.1, 0.15) is 24.0 Å². The highest BCUT2D eigenvalue weighted by molar-refractivity contribution is 7.99. The van der Waals surface area contributed by atoms with Gasteiger partial charge in [-0.15, -0.1) is 10.2 Å². The van der Waals surface area contributed by atoms with Crippen molar-refractivity contribution in [1.82, 2.24) is 29.4 Å². The fraction of sp³-hybridized carbons (Fsp3) is 0.500. The first-order chi connectivity index (χ1) is 14.5. The molecule has 2 aromatic heterocycles. The van der Waals surface area contributed by atoms with Gasteiger partial charge in [-0.1, -0.05) is 53.2 Å². The average molecular weight is 443 g/mol. The van der Waals surface area contributed by atoms with E-state index in [9.17, 15) is 0 Å². The summed E-state index contributed by atoms with van der Waals surface area (Å²) in [4.78, 5) is 2.64. The fourth-order valence-electron chi connectivity index (χ4n) is 4.79. The van der Waals surface area contributed by atoms with Gasteiger partial charge in [-0.2, -0.15) is 5.10 Å². The standard InChI is InChI=1S/C22H27ClN6S/c1-15-5-7-16(8-6-15)22-11-17(22)13-29(14-22)9-4-10-30-21-26-25-20(27(21)2)18-12-24-28(3)19(18)23/h5-8,12,17H,4,9-11,13-14H2,1-3H3. The Balaban J connectivity index is 1.13. The molecule has 3 heterocycles. The summed E-state index contributed by atoms with van der Waals surface area (Å²) >= 11 is 8.07. The van der Waals surface area contributed by atoms with E-state index < -0.39 is 0 Å². The van der Waals surface area contributed by atoms with Gasteiger partial charge >= 0.3 is 0 Å². The quantitative estimate of drug-likeness (QED) is 0.410. The summed E-state index contributed by atoms with van der Waals surface area (Å²) in [6, 6.07) is 9.20. The number of thioether (sulfide) groups is 1. The fourth-order valence-corrected chi connectivity index (χ4v) is 5.80. The highest BCUT2D eigenvalue weighted by atomic mass is 35.5. The molecule has 1 aliphatic heterocycles. The number of benzene rings is 1. The van der Waals surface area contributed by atoms with Crippen LogP contribution in [0.15, 0.2) is 35.6 Å². The molecular formula is C22H27ClN6S. The zero-order valence-corrected chi connectivity index (χ0v) is 19.2. The molecule has 2 unspecified atom stereocenters. The Hall–Kier alpha value is -1.83. The SMILES string of the molecule is Cc1ccc(C23CC2CN(CCCSc2nnc(-c4cnn(C)c4Cl)n2C)C3)cc1. The van der Waals surface area contributed by atoms with Gasteiger partial charge in [0.25, 0.3) is 0 Å². The van der Waals surface area contributed by atoms with Crippen LogP contribution in [-0.4, -0.2) is 54.8 Å². The van der Waals surface area contributed by atoms with Crippen molar-refractivity contribution in [3.05, 3.63) is 46.7 Å². The first-order valence-electron chi connectivity index (χ1n) is 10.5. The molecule has 2 fully saturated rings. The van der Waals surface area contributed by atoms with E-state index in [0.717, 1.165) is 41.2 Å². The van der Waals surface area contributed by atoms with Crippen LogP contribution in [0.3, 0.4) is 0 Å². The highest BCUT2D eigenvalue weighted by Crippen LogP contribution is 2.58. The minimum absolute atomic E-state index is 0.433. The third-order valence-electron chi connectivity index (χ3n) is 6.63. The Kier molecular flexibility index (Phi) is 5.16. The van der Waals surface area contributed by atoms with Gasteiger partial charge in [0.15, 0.2) is 11.0 Å². The van der Waals surface area contributed by atoms with Gasteiger partial charge in [-0.25, -0.2) is 0 Å². The van der Waals surface area contributed by atoms with Crippen molar-refractivity contribution >= 4 is 23.4 Å². The summed E-state index contributed by atoms with van der Waals surface area (Å²) in [5.74, 6) is 2.64. The summed E-state index contributed by atoms with van der Waals surface area (Å²) in [7, 11) is 3.81. The lowest BCUT2D eigenvalue weighted by Crippen LogP contribution is -2.27. The molecule has 1 saturated heterocycles. The number of hydrogen-bond donors (Lipinski definition) is 0. The maximum atomic E-state index is 6.31. The molecule has 158 valence electrons. The van der Waals surface area contributed by atoms with Crippen molar-refractivity contribution in [1.29, 1.82) is 0 Å². The maximum absolute atomic E-state index is 6.31. The minimum Gasteiger partial charge on any atom is -0.305 e. The van der Waals surface area contributed by atoms with E-state index in [2.05, 4.69) is 51.4 Å². The number of fused-ring (bicyclic) bond motifs is 1. The van der Waals surface area contributed by atoms with E-state index >= 15 is 0 Å². The van der Waals surface area contributed by atoms with Crippen molar-refractivity contribution in [2.24, 2.45) is 20.0 Å². The second-order valence-electron chi connectivity index (χ2n) is 8.70. The highest BCUT2D eigenvalue weighted by Gasteiger charge is 2.60. The molecule has 0 spiro atoms. The lowest BCUT2D eigenvalue weighted by atomic mass is 9.94. The molecule has 0 N–H and O–H groups in total. The number of aromatic nitrogens is 5. The smallest absolute Gasteiger partial charge is 0.191 e. The molecule has 3 aromatic rings. The predicted molar refractivity (Wildman–Crippen MR) is 121 cm³/mol. The molecule has 2 aliphatic rings. The lowest BCUT2D eigenvalue weighted by Gasteiger charge is -2.21. The van der Waals surface area contributed by atoms with Gasteiger partial charge in [-0.05, 0) is 37.8 Å². The molecule has 0 amide bonds. The molecule has 1 saturated carbocycles. The number of piperidine rings is 1. The van der Waals surface area contributed by atoms with Crippen molar-refractivity contribution < 1.29 is 0 Å². The molecule has 0 bridgehead atoms. The van der Waals surface area contributed by atoms with E-state index in [1.807, 2.05) is 18.7 Å². The Labute approximate surface area is 186 Å². The molecule has 2 atom stereocenters. The van der Waals surface area contributed by atoms with Crippen LogP contribution in [0.2, 0.25) is 5.15 Å². The number of likely N-dealkylation sites (tertiary alicyclic amines) is 1. The summed E-state index contributed by atoms with van der Waals surface area (Å²) in [5.41, 5.74) is 4.13. The van der Waals surface area contributed by atoms with Gasteiger partial charge in [0, 0.05) is 38.4 Å². The molecule has 1 aliphatic carbocycles. The number of aryl methyl sites for hydroxylation is 2. The summed E-state index contributed by atoms with van der Waals surface area (Å²) < 4.78 is 3.65. The molecule has 8 heteroatoms. The average Bonchev–Trinajstić information content (AvgIpc) is 2.98. The van der Waals surface area contributed by atoms with Crippen molar-refractivity contribution in [3.8, 4) is 11.4 Å². The number of hydrogen-bond acceptors (Lipinski definition) is 5. The Morgan fingerprint density at radius 3 is 2.73 bits per heavy atom. The van der Waals surface area contributed by atoms with Crippen LogP contribution in [0.4, 0.5) is 0 Å². The van der Waals surface area contributed by atoms with Crippen molar-refractivity contribution in [3.63, 3.8) is 0 Å². The lowest BCUT2D eigenvalue weighted by molar-refractivity contribution is 0.299. The van der Waals surface area contributed by atoms with Crippen LogP contribution in [0, 0.1) is 12.8 Å². The Bertz CT molecular complexity index is 1060. The molecule has 1 aromatic carbocycles. The van der Waals surface area contributed by atoms with Gasteiger partial charge in [0.1, 0.15) is 5.15 Å². The zero-order valence-electron chi connectivity index (χ0n) is 17.7. The largest absolute Gasteiger partial charge is 0.305 e. The summed E-state index contributed by atoms with van der Waals surface area (Å²) in [6.07, 6.45) is 4.25. The first-order valence-corrected chi connectivity index (χ1v) is 11.8. The van der Waals surface area contributed by atoms with E-state index in [1.54, 1.807) is 22.6 Å². The summed E-state index contributed by atoms with van der Waals surface area (Å²) in [6.45, 7) is 5.76. The van der Waals surface area contributed by atoms with Crippen molar-refractivity contribution in [2.45, 2.75) is 30.3 Å². The zero-order chi connectivity index (χ0) is 20.9. The van der Waals surface area contributed by atoms with E-state index in [-0.39, 0.29) is 0 Å². The predicted octanol–water partition coefficient (Wildman–Crippen LogP) is 3.93. The molecule has 6 nitrogen and oxygen atoms in total. The number of nitrogens with zero attached hydrogens (tertiary/aromatic N) is 6. The van der Waals surface area contributed by atoms with E-state index in [0.29, 0.717) is 10.6 Å². The Morgan fingerprint density at radius 2 is 2.00 bits per heavy atom. The monoisotopic (exact) mass is 442 g/mol. The van der Waals surface area contributed by atoms with Crippen LogP contribution in [0.25, 0.3) is 11.4 Å². The van der Waals surface area contributed by atoms with Crippen LogP contribution >= 0.6 is 23.4 Å². The number of halogens is 1. The van der Waals surface area contributed by atoms with Crippen LogP contribution in [0.5, 0.6) is 0 Å². The molecular weight excluding hydrogens is 416 g/mol. The van der Waals surface area contributed by atoms with Gasteiger partial charge < -0.3 is 9.47 Å². The Morgan fingerprint density at radius 1 is 1.20 bits per heavy atom. The van der Waals surface area contributed by atoms with Crippen LogP contribution in [-0.2, 0) is 19.5 Å². The van der Waals surface area contributed by atoms with Gasteiger partial charge in [0.05, 0.1) is 11.8 Å². The second-order valence-corrected chi connectivity index (χ2v) is 10.1. The third kappa shape index (κ3) is 3.47. The van der Waals surface area contributed by atoms with Gasteiger partial charge in [0.2, 0.25) is 0 Å². The van der Waals surface area contributed by atoms with Crippen molar-refractivity contribution in [2.75, 3.05) is 25.4 Å². The topological polar surface area (TPSA) is 51.8 Å². The molecule has 30 heavy (non-hydrogen) atoms. The van der Waals surface area contributed by atoms with E-state index in [1.165, 1.54) is 30.6 Å². The normalized spacial score (nSPS) is 23.1. The first kappa shape index (κ1) is 20.1. The summed E-state index contributed by atoms with van der Waals surface area (Å²) in [5, 5.41) is 14.4. The maximum Gasteiger partial charge on any atom is 0.191 e. The van der Waals surface area contributed by atoms with E-state index in [4.69, 9.17) is 11.6 Å².